The van der Waals surface area contributed by atoms with Gasteiger partial charge >= 0.3 is 5.97 Å². The molecule has 0 unspecified atom stereocenters. The van der Waals surface area contributed by atoms with Crippen LogP contribution in [-0.4, -0.2) is 18.5 Å². The topological polar surface area (TPSA) is 55.4 Å². The third-order valence-electron chi connectivity index (χ3n) is 2.88. The van der Waals surface area contributed by atoms with Crippen molar-refractivity contribution in [2.75, 3.05) is 11.9 Å². The Morgan fingerprint density at radius 3 is 2.70 bits per heavy atom. The van der Waals surface area contributed by atoms with Gasteiger partial charge in [0.2, 0.25) is 0 Å². The van der Waals surface area contributed by atoms with Gasteiger partial charge in [-0.15, -0.1) is 0 Å². The first kappa shape index (κ1) is 17.4. The molecular formula is C16H12BrClFNO3. The lowest BCUT2D eigenvalue weighted by Gasteiger charge is -2.09. The summed E-state index contributed by atoms with van der Waals surface area (Å²) in [7, 11) is 0. The van der Waals surface area contributed by atoms with Gasteiger partial charge in [-0.3, -0.25) is 4.79 Å². The first-order valence-corrected chi connectivity index (χ1v) is 7.72. The summed E-state index contributed by atoms with van der Waals surface area (Å²) in [6.07, 6.45) is 0. The first-order valence-electron chi connectivity index (χ1n) is 6.55. The standard InChI is InChI=1S/C16H12BrClFNO3/c1-9-2-5-14(12(18)6-9)20-15(21)8-23-16(22)11-7-10(17)3-4-13(11)19/h2-7H,8H2,1H3,(H,20,21). The highest BCUT2D eigenvalue weighted by molar-refractivity contribution is 9.10. The van der Waals surface area contributed by atoms with Crippen molar-refractivity contribution >= 4 is 45.1 Å². The van der Waals surface area contributed by atoms with Gasteiger partial charge in [0.25, 0.3) is 5.91 Å². The van der Waals surface area contributed by atoms with Crippen molar-refractivity contribution in [3.63, 3.8) is 0 Å². The summed E-state index contributed by atoms with van der Waals surface area (Å²) >= 11 is 9.13. The number of esters is 1. The molecule has 2 rings (SSSR count). The second kappa shape index (κ2) is 7.57. The van der Waals surface area contributed by atoms with E-state index in [9.17, 15) is 14.0 Å². The number of carbonyl (C=O) groups is 2. The van der Waals surface area contributed by atoms with Crippen LogP contribution in [0.4, 0.5) is 10.1 Å². The number of hydrogen-bond acceptors (Lipinski definition) is 3. The van der Waals surface area contributed by atoms with Gasteiger partial charge < -0.3 is 10.1 Å². The molecule has 7 heteroatoms. The number of aryl methyl sites for hydroxylation is 1. The van der Waals surface area contributed by atoms with Crippen molar-refractivity contribution in [2.24, 2.45) is 0 Å². The molecule has 0 atom stereocenters. The number of amides is 1. The van der Waals surface area contributed by atoms with Gasteiger partial charge in [-0.1, -0.05) is 33.6 Å². The summed E-state index contributed by atoms with van der Waals surface area (Å²) in [6.45, 7) is 1.32. The summed E-state index contributed by atoms with van der Waals surface area (Å²) in [4.78, 5) is 23.6. The van der Waals surface area contributed by atoms with Gasteiger partial charge in [-0.05, 0) is 42.8 Å². The van der Waals surface area contributed by atoms with Crippen LogP contribution in [0.25, 0.3) is 0 Å². The van der Waals surface area contributed by atoms with E-state index in [1.165, 1.54) is 12.1 Å². The maximum absolute atomic E-state index is 13.5. The predicted molar refractivity (Wildman–Crippen MR) is 89.2 cm³/mol. The molecule has 0 aliphatic heterocycles. The summed E-state index contributed by atoms with van der Waals surface area (Å²) in [6, 6.07) is 8.99. The van der Waals surface area contributed by atoms with Gasteiger partial charge in [0, 0.05) is 4.47 Å². The van der Waals surface area contributed by atoms with Crippen molar-refractivity contribution in [1.82, 2.24) is 0 Å². The predicted octanol–water partition coefficient (Wildman–Crippen LogP) is 4.35. The smallest absolute Gasteiger partial charge is 0.341 e. The number of carbonyl (C=O) groups excluding carboxylic acids is 2. The summed E-state index contributed by atoms with van der Waals surface area (Å²) in [5.41, 5.74) is 1.11. The normalized spacial score (nSPS) is 10.3. The second-order valence-corrected chi connectivity index (χ2v) is 6.05. The van der Waals surface area contributed by atoms with Gasteiger partial charge in [0.15, 0.2) is 6.61 Å². The van der Waals surface area contributed by atoms with E-state index in [1.807, 2.05) is 6.92 Å². The molecule has 2 aromatic carbocycles. The van der Waals surface area contributed by atoms with Gasteiger partial charge in [0.1, 0.15) is 5.82 Å². The Morgan fingerprint density at radius 2 is 2.00 bits per heavy atom. The lowest BCUT2D eigenvalue weighted by molar-refractivity contribution is -0.119. The Bertz CT molecular complexity index is 767. The van der Waals surface area contributed by atoms with Gasteiger partial charge in [-0.2, -0.15) is 0 Å². The Morgan fingerprint density at radius 1 is 1.26 bits per heavy atom. The van der Waals surface area contributed by atoms with E-state index in [0.29, 0.717) is 15.2 Å². The third-order valence-corrected chi connectivity index (χ3v) is 3.69. The highest BCUT2D eigenvalue weighted by Gasteiger charge is 2.15. The summed E-state index contributed by atoms with van der Waals surface area (Å²) in [5.74, 6) is -2.21. The van der Waals surface area contributed by atoms with Crippen LogP contribution in [0.2, 0.25) is 5.02 Å². The molecule has 0 saturated carbocycles. The minimum Gasteiger partial charge on any atom is -0.452 e. The monoisotopic (exact) mass is 399 g/mol. The number of nitrogens with one attached hydrogen (secondary N) is 1. The molecule has 0 heterocycles. The molecule has 0 spiro atoms. The van der Waals surface area contributed by atoms with Crippen molar-refractivity contribution in [2.45, 2.75) is 6.92 Å². The van der Waals surface area contributed by atoms with Gasteiger partial charge in [-0.25, -0.2) is 9.18 Å². The molecule has 1 N–H and O–H groups in total. The van der Waals surface area contributed by atoms with Crippen LogP contribution in [0.15, 0.2) is 40.9 Å². The van der Waals surface area contributed by atoms with Crippen LogP contribution in [0.5, 0.6) is 0 Å². The number of rotatable bonds is 4. The van der Waals surface area contributed by atoms with Crippen molar-refractivity contribution in [1.29, 1.82) is 0 Å². The fraction of sp³-hybridized carbons (Fsp3) is 0.125. The van der Waals surface area contributed by atoms with Crippen LogP contribution in [0, 0.1) is 12.7 Å². The molecule has 0 aliphatic rings. The molecule has 23 heavy (non-hydrogen) atoms. The molecule has 0 saturated heterocycles. The van der Waals surface area contributed by atoms with Crippen molar-refractivity contribution in [3.8, 4) is 0 Å². The Labute approximate surface area is 145 Å². The van der Waals surface area contributed by atoms with E-state index in [1.54, 1.807) is 18.2 Å². The Hall–Kier alpha value is -1.92. The summed E-state index contributed by atoms with van der Waals surface area (Å²) < 4.78 is 18.9. The summed E-state index contributed by atoms with van der Waals surface area (Å²) in [5, 5.41) is 2.90. The Balaban J connectivity index is 1.96. The zero-order chi connectivity index (χ0) is 17.0. The number of hydrogen-bond donors (Lipinski definition) is 1. The highest BCUT2D eigenvalue weighted by Crippen LogP contribution is 2.22. The SMILES string of the molecule is Cc1ccc(NC(=O)COC(=O)c2cc(Br)ccc2F)c(Cl)c1. The molecule has 0 fully saturated rings. The Kier molecular flexibility index (Phi) is 5.74. The molecule has 0 bridgehead atoms. The van der Waals surface area contributed by atoms with Crippen molar-refractivity contribution < 1.29 is 18.7 Å². The number of benzene rings is 2. The molecule has 0 aromatic heterocycles. The molecule has 0 aliphatic carbocycles. The second-order valence-electron chi connectivity index (χ2n) is 4.73. The average molecular weight is 401 g/mol. The minimum absolute atomic E-state index is 0.249. The van der Waals surface area contributed by atoms with Gasteiger partial charge in [0.05, 0.1) is 16.3 Å². The van der Waals surface area contributed by atoms with E-state index in [-0.39, 0.29) is 5.56 Å². The van der Waals surface area contributed by atoms with Crippen LogP contribution in [-0.2, 0) is 9.53 Å². The minimum atomic E-state index is -0.922. The molecule has 2 aromatic rings. The lowest BCUT2D eigenvalue weighted by atomic mass is 10.2. The fourth-order valence-corrected chi connectivity index (χ4v) is 2.41. The maximum Gasteiger partial charge on any atom is 0.341 e. The number of ether oxygens (including phenoxy) is 1. The fourth-order valence-electron chi connectivity index (χ4n) is 1.77. The zero-order valence-corrected chi connectivity index (χ0v) is 14.4. The first-order chi connectivity index (χ1) is 10.9. The third kappa shape index (κ3) is 4.77. The quantitative estimate of drug-likeness (QED) is 0.777. The molecular weight excluding hydrogens is 389 g/mol. The van der Waals surface area contributed by atoms with E-state index in [4.69, 9.17) is 16.3 Å². The van der Waals surface area contributed by atoms with E-state index >= 15 is 0 Å². The molecule has 120 valence electrons. The largest absolute Gasteiger partial charge is 0.452 e. The number of anilines is 1. The molecule has 0 radical (unpaired) electrons. The van der Waals surface area contributed by atoms with Crippen LogP contribution in [0.3, 0.4) is 0 Å². The lowest BCUT2D eigenvalue weighted by Crippen LogP contribution is -2.21. The van der Waals surface area contributed by atoms with Crippen molar-refractivity contribution in [3.05, 3.63) is 62.8 Å². The average Bonchev–Trinajstić information content (AvgIpc) is 2.50. The molecule has 1 amide bonds. The van der Waals surface area contributed by atoms with Crippen LogP contribution >= 0.6 is 27.5 Å². The van der Waals surface area contributed by atoms with Crippen LogP contribution in [0.1, 0.15) is 15.9 Å². The van der Waals surface area contributed by atoms with E-state index in [0.717, 1.165) is 11.6 Å². The maximum atomic E-state index is 13.5. The molecule has 4 nitrogen and oxygen atoms in total. The highest BCUT2D eigenvalue weighted by atomic mass is 79.9. The zero-order valence-electron chi connectivity index (χ0n) is 12.0. The van der Waals surface area contributed by atoms with E-state index < -0.39 is 24.3 Å². The van der Waals surface area contributed by atoms with E-state index in [2.05, 4.69) is 21.2 Å². The number of halogens is 3. The van der Waals surface area contributed by atoms with Crippen LogP contribution < -0.4 is 5.32 Å².